The summed E-state index contributed by atoms with van der Waals surface area (Å²) in [6, 6.07) is 16.4. The minimum Gasteiger partial charge on any atom is -0.508 e. The van der Waals surface area contributed by atoms with Crippen molar-refractivity contribution < 1.29 is 24.4 Å². The second-order valence-electron chi connectivity index (χ2n) is 11.1. The van der Waals surface area contributed by atoms with Crippen molar-refractivity contribution in [3.05, 3.63) is 76.9 Å². The highest BCUT2D eigenvalue weighted by Gasteiger charge is 2.57. The molecule has 0 saturated carbocycles. The third-order valence-corrected chi connectivity index (χ3v) is 8.41. The monoisotopic (exact) mass is 527 g/mol. The predicted molar refractivity (Wildman–Crippen MR) is 154 cm³/mol. The van der Waals surface area contributed by atoms with Crippen LogP contribution in [0.4, 0.5) is 5.69 Å². The van der Waals surface area contributed by atoms with Gasteiger partial charge in [0.05, 0.1) is 23.6 Å². The average Bonchev–Trinajstić information content (AvgIpc) is 3.17. The summed E-state index contributed by atoms with van der Waals surface area (Å²) < 4.78 is 6.17. The van der Waals surface area contributed by atoms with Crippen LogP contribution in [0.5, 0.6) is 5.75 Å². The number of hydrogen-bond acceptors (Lipinski definition) is 5. The van der Waals surface area contributed by atoms with Gasteiger partial charge in [-0.3, -0.25) is 14.5 Å². The van der Waals surface area contributed by atoms with Crippen molar-refractivity contribution >= 4 is 30.7 Å². The number of aromatic hydroxyl groups is 1. The molecule has 204 valence electrons. The maximum absolute atomic E-state index is 13.8. The maximum Gasteiger partial charge on any atom is 0.455 e. The van der Waals surface area contributed by atoms with E-state index in [0.29, 0.717) is 24.8 Å². The van der Waals surface area contributed by atoms with Crippen molar-refractivity contribution in [2.24, 2.45) is 17.8 Å². The van der Waals surface area contributed by atoms with E-state index in [2.05, 4.69) is 19.9 Å². The van der Waals surface area contributed by atoms with Gasteiger partial charge in [0.1, 0.15) is 5.75 Å². The Labute approximate surface area is 231 Å². The summed E-state index contributed by atoms with van der Waals surface area (Å²) in [5.41, 5.74) is 5.21. The fraction of sp³-hybridized carbons (Fsp3) is 0.438. The molecule has 0 unspecified atom stereocenters. The van der Waals surface area contributed by atoms with E-state index in [-0.39, 0.29) is 35.5 Å². The third kappa shape index (κ3) is 5.61. The van der Waals surface area contributed by atoms with Crippen LogP contribution in [0.2, 0.25) is 6.32 Å². The van der Waals surface area contributed by atoms with E-state index >= 15 is 0 Å². The minimum atomic E-state index is -0.969. The molecule has 2 heterocycles. The van der Waals surface area contributed by atoms with Crippen molar-refractivity contribution in [3.8, 4) is 5.75 Å². The van der Waals surface area contributed by atoms with Crippen molar-refractivity contribution in [2.75, 3.05) is 4.90 Å². The molecule has 5 rings (SSSR count). The lowest BCUT2D eigenvalue weighted by molar-refractivity contribution is -0.122. The molecule has 0 radical (unpaired) electrons. The first-order valence-corrected chi connectivity index (χ1v) is 14.4. The molecule has 3 aliphatic rings. The molecule has 39 heavy (non-hydrogen) atoms. The van der Waals surface area contributed by atoms with E-state index in [1.165, 1.54) is 16.0 Å². The van der Waals surface area contributed by atoms with Crippen molar-refractivity contribution in [3.63, 3.8) is 0 Å². The van der Waals surface area contributed by atoms with Crippen molar-refractivity contribution in [1.29, 1.82) is 0 Å². The van der Waals surface area contributed by atoms with Gasteiger partial charge < -0.3 is 14.8 Å². The molecule has 2 N–H and O–H groups in total. The Morgan fingerprint density at radius 1 is 1.03 bits per heavy atom. The highest BCUT2D eigenvalue weighted by Crippen LogP contribution is 2.52. The lowest BCUT2D eigenvalue weighted by Crippen LogP contribution is -2.46. The zero-order valence-corrected chi connectivity index (χ0v) is 22.9. The van der Waals surface area contributed by atoms with Gasteiger partial charge in [-0.15, -0.1) is 0 Å². The second-order valence-corrected chi connectivity index (χ2v) is 11.1. The van der Waals surface area contributed by atoms with Gasteiger partial charge in [-0.1, -0.05) is 74.2 Å². The van der Waals surface area contributed by atoms with Crippen LogP contribution in [0, 0.1) is 17.8 Å². The molecule has 2 fully saturated rings. The molecule has 6 nitrogen and oxygen atoms in total. The number of allylic oxidation sites excluding steroid dienone is 2. The summed E-state index contributed by atoms with van der Waals surface area (Å²) in [5, 5.41) is 20.7. The molecule has 2 aromatic carbocycles. The van der Waals surface area contributed by atoms with Crippen LogP contribution in [-0.4, -0.2) is 35.2 Å². The Bertz CT molecular complexity index is 1270. The molecule has 0 spiro atoms. The second kappa shape index (κ2) is 11.9. The molecule has 7 heteroatoms. The maximum atomic E-state index is 13.8. The molecule has 1 aliphatic carbocycles. The number of fused-ring (bicyclic) bond motifs is 3. The molecule has 2 aromatic rings. The predicted octanol–water partition coefficient (Wildman–Crippen LogP) is 6.16. The first kappa shape index (κ1) is 27.4. The number of carbonyl (C=O) groups excluding carboxylic acids is 2. The van der Waals surface area contributed by atoms with E-state index in [1.54, 1.807) is 12.1 Å². The summed E-state index contributed by atoms with van der Waals surface area (Å²) in [7, 11) is -0.969. The Kier molecular flexibility index (Phi) is 8.38. The summed E-state index contributed by atoms with van der Waals surface area (Å²) in [4.78, 5) is 28.8. The molecule has 2 saturated heterocycles. The van der Waals surface area contributed by atoms with E-state index in [9.17, 15) is 19.7 Å². The number of hydrogen-bond donors (Lipinski definition) is 2. The number of benzene rings is 2. The number of imide groups is 1. The normalized spacial score (nSPS) is 25.3. The number of amides is 2. The van der Waals surface area contributed by atoms with Gasteiger partial charge in [-0.05, 0) is 79.7 Å². The molecule has 0 aromatic heterocycles. The quantitative estimate of drug-likeness (QED) is 0.232. The van der Waals surface area contributed by atoms with Crippen molar-refractivity contribution in [2.45, 2.75) is 71.2 Å². The number of nitrogens with zero attached hydrogens (tertiary/aromatic N) is 1. The fourth-order valence-electron chi connectivity index (χ4n) is 6.89. The minimum absolute atomic E-state index is 0.124. The highest BCUT2D eigenvalue weighted by atomic mass is 16.5. The van der Waals surface area contributed by atoms with Crippen LogP contribution >= 0.6 is 0 Å². The van der Waals surface area contributed by atoms with Crippen LogP contribution in [0.3, 0.4) is 0 Å². The smallest absolute Gasteiger partial charge is 0.455 e. The Hall–Kier alpha value is -3.16. The number of para-hydroxylation sites is 1. The van der Waals surface area contributed by atoms with Gasteiger partial charge in [-0.2, -0.15) is 0 Å². The zero-order valence-electron chi connectivity index (χ0n) is 22.9. The lowest BCUT2D eigenvalue weighted by atomic mass is 9.58. The number of phenolic OH excluding ortho intramolecular Hbond substituents is 1. The highest BCUT2D eigenvalue weighted by molar-refractivity contribution is 6.43. The third-order valence-electron chi connectivity index (χ3n) is 8.41. The zero-order chi connectivity index (χ0) is 27.5. The van der Waals surface area contributed by atoms with Gasteiger partial charge in [-0.25, -0.2) is 0 Å². The van der Waals surface area contributed by atoms with E-state index < -0.39 is 13.0 Å². The first-order chi connectivity index (χ1) is 18.9. The van der Waals surface area contributed by atoms with Gasteiger partial charge in [0.25, 0.3) is 0 Å². The van der Waals surface area contributed by atoms with Gasteiger partial charge >= 0.3 is 7.12 Å². The first-order valence-electron chi connectivity index (χ1n) is 14.4. The Morgan fingerprint density at radius 3 is 2.54 bits per heavy atom. The van der Waals surface area contributed by atoms with Crippen LogP contribution < -0.4 is 4.90 Å². The van der Waals surface area contributed by atoms with Gasteiger partial charge in [0.2, 0.25) is 11.8 Å². The summed E-state index contributed by atoms with van der Waals surface area (Å²) in [6.07, 6.45) is 7.97. The summed E-state index contributed by atoms with van der Waals surface area (Å²) in [5.74, 6) is -1.09. The topological polar surface area (TPSA) is 87.1 Å². The van der Waals surface area contributed by atoms with Crippen LogP contribution in [-0.2, 0) is 14.2 Å². The lowest BCUT2D eigenvalue weighted by Gasteiger charge is -2.43. The SMILES string of the molecule is CCCC1=C2[C@@H](CC/C(=C/c3cccc(O)c3)CCC)OB(O)C[C@@H]2[C@@H]2C(=O)N(c3ccccc3)C(=O)[C@@H]2C1. The Morgan fingerprint density at radius 2 is 1.82 bits per heavy atom. The van der Waals surface area contributed by atoms with E-state index in [1.807, 2.05) is 42.5 Å². The molecule has 0 bridgehead atoms. The number of carbonyl (C=O) groups is 2. The van der Waals surface area contributed by atoms with Crippen LogP contribution in [0.1, 0.15) is 64.4 Å². The van der Waals surface area contributed by atoms with E-state index in [4.69, 9.17) is 4.65 Å². The van der Waals surface area contributed by atoms with Gasteiger partial charge in [0, 0.05) is 0 Å². The molecular formula is C32H38BNO5. The Balaban J connectivity index is 1.44. The van der Waals surface area contributed by atoms with Gasteiger partial charge in [0.15, 0.2) is 0 Å². The molecular weight excluding hydrogens is 489 g/mol. The molecule has 4 atom stereocenters. The largest absolute Gasteiger partial charge is 0.508 e. The standard InChI is InChI=1S/C32H38BNO5/c1-3-9-21(17-22-11-8-14-25(35)18-22)15-16-28-29-23(10-4-2)19-26-30(27(29)20-33(38)39-28)32(37)34(31(26)36)24-12-6-5-7-13-24/h5-8,11-14,17-18,26-28,30,35,38H,3-4,9-10,15-16,19-20H2,1-2H3/b21-17+/t26-,27+,28-,30-/m1/s1. The molecule has 2 aliphatic heterocycles. The summed E-state index contributed by atoms with van der Waals surface area (Å²) in [6.45, 7) is 4.29. The van der Waals surface area contributed by atoms with E-state index in [0.717, 1.165) is 43.2 Å². The average molecular weight is 527 g/mol. The molecule has 2 amide bonds. The fourth-order valence-corrected chi connectivity index (χ4v) is 6.89. The number of phenols is 1. The summed E-state index contributed by atoms with van der Waals surface area (Å²) >= 11 is 0. The van der Waals surface area contributed by atoms with Crippen LogP contribution in [0.25, 0.3) is 6.08 Å². The van der Waals surface area contributed by atoms with Crippen molar-refractivity contribution in [1.82, 2.24) is 0 Å². The number of anilines is 1. The van der Waals surface area contributed by atoms with Crippen LogP contribution in [0.15, 0.2) is 71.3 Å². The number of rotatable bonds is 9.